The molecular formula is C11H14BrClF2N2O2. The fourth-order valence-electron chi connectivity index (χ4n) is 1.03. The van der Waals surface area contributed by atoms with Crippen LogP contribution >= 0.6 is 28.3 Å². The summed E-state index contributed by atoms with van der Waals surface area (Å²) in [5.41, 5.74) is 4.83. The largest absolute Gasteiger partial charge is 0.484 e. The van der Waals surface area contributed by atoms with Crippen molar-refractivity contribution in [1.82, 2.24) is 5.32 Å². The highest BCUT2D eigenvalue weighted by molar-refractivity contribution is 9.10. The summed E-state index contributed by atoms with van der Waals surface area (Å²) < 4.78 is 31.5. The molecule has 8 heteroatoms. The fraction of sp³-hybridized carbons (Fsp3) is 0.364. The molecule has 1 rings (SSSR count). The molecule has 4 nitrogen and oxygen atoms in total. The maximum atomic E-state index is 12.7. The van der Waals surface area contributed by atoms with Crippen LogP contribution < -0.4 is 15.8 Å². The Morgan fingerprint density at radius 3 is 2.47 bits per heavy atom. The van der Waals surface area contributed by atoms with Crippen LogP contribution in [0.3, 0.4) is 0 Å². The van der Waals surface area contributed by atoms with Gasteiger partial charge in [-0.05, 0) is 24.3 Å². The second-order valence-electron chi connectivity index (χ2n) is 3.58. The van der Waals surface area contributed by atoms with Gasteiger partial charge in [-0.25, -0.2) is 8.78 Å². The minimum atomic E-state index is -3.09. The van der Waals surface area contributed by atoms with E-state index in [1.165, 1.54) is 0 Å². The van der Waals surface area contributed by atoms with Crippen molar-refractivity contribution >= 4 is 34.2 Å². The van der Waals surface area contributed by atoms with Gasteiger partial charge >= 0.3 is 0 Å². The summed E-state index contributed by atoms with van der Waals surface area (Å²) in [7, 11) is 0. The number of nitrogens with one attached hydrogen (secondary N) is 1. The lowest BCUT2D eigenvalue weighted by Gasteiger charge is -2.14. The molecule has 0 atom stereocenters. The van der Waals surface area contributed by atoms with Crippen molar-refractivity contribution in [2.75, 3.05) is 19.7 Å². The number of benzene rings is 1. The van der Waals surface area contributed by atoms with Crippen LogP contribution in [0.4, 0.5) is 8.78 Å². The van der Waals surface area contributed by atoms with E-state index in [1.54, 1.807) is 24.3 Å². The summed E-state index contributed by atoms with van der Waals surface area (Å²) in [6.45, 7) is -1.91. The lowest BCUT2D eigenvalue weighted by Crippen LogP contribution is -2.42. The standard InChI is InChI=1S/C11H13BrF2N2O2.ClH/c12-8-1-3-9(4-2-8)18-5-10(17)16-7-11(13,14)6-15;/h1-4H,5-7,15H2,(H,16,17);1H. The maximum Gasteiger partial charge on any atom is 0.277 e. The third kappa shape index (κ3) is 7.29. The van der Waals surface area contributed by atoms with E-state index in [2.05, 4.69) is 21.2 Å². The zero-order chi connectivity index (χ0) is 13.6. The van der Waals surface area contributed by atoms with Gasteiger partial charge in [-0.2, -0.15) is 0 Å². The summed E-state index contributed by atoms with van der Waals surface area (Å²) in [5, 5.41) is 2.05. The Hall–Kier alpha value is -0.920. The van der Waals surface area contributed by atoms with Gasteiger partial charge < -0.3 is 15.8 Å². The zero-order valence-corrected chi connectivity index (χ0v) is 12.3. The summed E-state index contributed by atoms with van der Waals surface area (Å²) in [6, 6.07) is 6.81. The van der Waals surface area contributed by atoms with Crippen molar-refractivity contribution in [3.63, 3.8) is 0 Å². The number of nitrogens with two attached hydrogens (primary N) is 1. The van der Waals surface area contributed by atoms with Crippen LogP contribution in [0.25, 0.3) is 0 Å². The average Bonchev–Trinajstić information content (AvgIpc) is 2.36. The molecule has 0 heterocycles. The Kier molecular flexibility index (Phi) is 7.89. The highest BCUT2D eigenvalue weighted by atomic mass is 79.9. The molecule has 0 fully saturated rings. The Labute approximate surface area is 124 Å². The molecule has 1 amide bonds. The van der Waals surface area contributed by atoms with Gasteiger partial charge in [0.1, 0.15) is 5.75 Å². The summed E-state index contributed by atoms with van der Waals surface area (Å²) in [4.78, 5) is 11.2. The minimum Gasteiger partial charge on any atom is -0.484 e. The van der Waals surface area contributed by atoms with Gasteiger partial charge in [0.25, 0.3) is 11.8 Å². The highest BCUT2D eigenvalue weighted by Gasteiger charge is 2.27. The van der Waals surface area contributed by atoms with E-state index < -0.39 is 24.9 Å². The van der Waals surface area contributed by atoms with E-state index >= 15 is 0 Å². The number of hydrogen-bond acceptors (Lipinski definition) is 3. The van der Waals surface area contributed by atoms with Crippen molar-refractivity contribution in [3.05, 3.63) is 28.7 Å². The predicted molar refractivity (Wildman–Crippen MR) is 73.9 cm³/mol. The first kappa shape index (κ1) is 18.1. The average molecular weight is 360 g/mol. The van der Waals surface area contributed by atoms with Gasteiger partial charge in [-0.15, -0.1) is 12.4 Å². The number of halogens is 4. The molecule has 19 heavy (non-hydrogen) atoms. The minimum absolute atomic E-state index is 0. The normalized spacial score (nSPS) is 10.5. The smallest absolute Gasteiger partial charge is 0.277 e. The molecule has 1 aromatic rings. The van der Waals surface area contributed by atoms with Crippen molar-refractivity contribution < 1.29 is 18.3 Å². The van der Waals surface area contributed by atoms with Gasteiger partial charge in [0, 0.05) is 4.47 Å². The topological polar surface area (TPSA) is 64.3 Å². The molecule has 0 unspecified atom stereocenters. The van der Waals surface area contributed by atoms with Gasteiger partial charge in [-0.1, -0.05) is 15.9 Å². The van der Waals surface area contributed by atoms with Crippen LogP contribution in [0.2, 0.25) is 0 Å². The summed E-state index contributed by atoms with van der Waals surface area (Å²) in [6.07, 6.45) is 0. The summed E-state index contributed by atoms with van der Waals surface area (Å²) >= 11 is 3.25. The first-order valence-electron chi connectivity index (χ1n) is 5.16. The molecule has 0 saturated carbocycles. The number of rotatable bonds is 6. The van der Waals surface area contributed by atoms with Crippen LogP contribution in [0.5, 0.6) is 5.75 Å². The molecule has 3 N–H and O–H groups in total. The predicted octanol–water partition coefficient (Wildman–Crippen LogP) is 1.96. The van der Waals surface area contributed by atoms with Crippen LogP contribution in [0.1, 0.15) is 0 Å². The summed E-state index contributed by atoms with van der Waals surface area (Å²) in [5.74, 6) is -3.22. The van der Waals surface area contributed by atoms with E-state index in [-0.39, 0.29) is 19.0 Å². The first-order chi connectivity index (χ1) is 8.43. The van der Waals surface area contributed by atoms with E-state index in [4.69, 9.17) is 10.5 Å². The van der Waals surface area contributed by atoms with E-state index in [0.29, 0.717) is 5.75 Å². The third-order valence-corrected chi connectivity index (χ3v) is 2.56. The Morgan fingerprint density at radius 2 is 1.95 bits per heavy atom. The third-order valence-electron chi connectivity index (χ3n) is 2.03. The molecule has 0 saturated heterocycles. The number of amides is 1. The Morgan fingerprint density at radius 1 is 1.37 bits per heavy atom. The van der Waals surface area contributed by atoms with E-state index in [1.807, 2.05) is 0 Å². The number of carbonyl (C=O) groups excluding carboxylic acids is 1. The van der Waals surface area contributed by atoms with Crippen LogP contribution in [-0.2, 0) is 4.79 Å². The molecule has 0 radical (unpaired) electrons. The molecule has 1 aromatic carbocycles. The zero-order valence-electron chi connectivity index (χ0n) is 9.87. The molecule has 0 aromatic heterocycles. The lowest BCUT2D eigenvalue weighted by molar-refractivity contribution is -0.124. The highest BCUT2D eigenvalue weighted by Crippen LogP contribution is 2.15. The number of carbonyl (C=O) groups is 1. The lowest BCUT2D eigenvalue weighted by atomic mass is 10.3. The molecule has 0 aliphatic carbocycles. The van der Waals surface area contributed by atoms with Crippen molar-refractivity contribution in [1.29, 1.82) is 0 Å². The molecule has 0 aliphatic heterocycles. The van der Waals surface area contributed by atoms with Crippen LogP contribution in [-0.4, -0.2) is 31.5 Å². The monoisotopic (exact) mass is 358 g/mol. The quantitative estimate of drug-likeness (QED) is 0.816. The van der Waals surface area contributed by atoms with Crippen LogP contribution in [0, 0.1) is 0 Å². The number of ether oxygens (including phenoxy) is 1. The molecular weight excluding hydrogens is 345 g/mol. The SMILES string of the molecule is Cl.NCC(F)(F)CNC(=O)COc1ccc(Br)cc1. The number of alkyl halides is 2. The van der Waals surface area contributed by atoms with Crippen molar-refractivity contribution in [2.24, 2.45) is 5.73 Å². The van der Waals surface area contributed by atoms with Gasteiger partial charge in [-0.3, -0.25) is 4.79 Å². The Balaban J connectivity index is 0.00000324. The molecule has 108 valence electrons. The van der Waals surface area contributed by atoms with Crippen LogP contribution in [0.15, 0.2) is 28.7 Å². The van der Waals surface area contributed by atoms with Gasteiger partial charge in [0.05, 0.1) is 13.1 Å². The van der Waals surface area contributed by atoms with Gasteiger partial charge in [0.15, 0.2) is 6.61 Å². The second-order valence-corrected chi connectivity index (χ2v) is 4.50. The van der Waals surface area contributed by atoms with Crippen molar-refractivity contribution in [2.45, 2.75) is 5.92 Å². The maximum absolute atomic E-state index is 12.7. The molecule has 0 spiro atoms. The Bertz CT molecular complexity index is 404. The first-order valence-corrected chi connectivity index (χ1v) is 5.95. The number of hydrogen-bond donors (Lipinski definition) is 2. The van der Waals surface area contributed by atoms with Gasteiger partial charge in [0.2, 0.25) is 0 Å². The molecule has 0 aliphatic rings. The van der Waals surface area contributed by atoms with E-state index in [9.17, 15) is 13.6 Å². The molecule has 0 bridgehead atoms. The van der Waals surface area contributed by atoms with Crippen molar-refractivity contribution in [3.8, 4) is 5.75 Å². The fourth-order valence-corrected chi connectivity index (χ4v) is 1.30. The second kappa shape index (κ2) is 8.29. The van der Waals surface area contributed by atoms with E-state index in [0.717, 1.165) is 4.47 Å².